The highest BCUT2D eigenvalue weighted by Crippen LogP contribution is 2.56. The highest BCUT2D eigenvalue weighted by atomic mass is 35.5. The summed E-state index contributed by atoms with van der Waals surface area (Å²) in [6.07, 6.45) is 4.67. The summed E-state index contributed by atoms with van der Waals surface area (Å²) in [6.45, 7) is 1.67. The smallest absolute Gasteiger partial charge is 0.247 e. The van der Waals surface area contributed by atoms with E-state index in [2.05, 4.69) is 4.98 Å². The molecular weight excluding hydrogens is 326 g/mol. The highest BCUT2D eigenvalue weighted by Gasteiger charge is 2.60. The molecule has 2 aliphatic heterocycles. The van der Waals surface area contributed by atoms with Crippen molar-refractivity contribution in [2.24, 2.45) is 11.3 Å². The third-order valence-electron chi connectivity index (χ3n) is 5.46. The van der Waals surface area contributed by atoms with Gasteiger partial charge >= 0.3 is 0 Å². The van der Waals surface area contributed by atoms with Gasteiger partial charge in [-0.3, -0.25) is 0 Å². The summed E-state index contributed by atoms with van der Waals surface area (Å²) in [5, 5.41) is 0.268. The molecule has 4 rings (SSSR count). The first-order chi connectivity index (χ1) is 10.4. The van der Waals surface area contributed by atoms with Crippen LogP contribution in [-0.4, -0.2) is 43.5 Å². The van der Waals surface area contributed by atoms with Crippen molar-refractivity contribution in [1.29, 1.82) is 0 Å². The van der Waals surface area contributed by atoms with Gasteiger partial charge in [-0.15, -0.1) is 0 Å². The van der Waals surface area contributed by atoms with Crippen LogP contribution in [0.25, 0.3) is 0 Å². The summed E-state index contributed by atoms with van der Waals surface area (Å²) in [5.74, 6) is 0.291. The minimum atomic E-state index is -3.71. The van der Waals surface area contributed by atoms with E-state index in [4.69, 9.17) is 22.1 Å². The average Bonchev–Trinajstić information content (AvgIpc) is 3.00. The minimum Gasteiger partial charge on any atom is -0.383 e. The molecule has 120 valence electrons. The fourth-order valence-corrected chi connectivity index (χ4v) is 6.20. The summed E-state index contributed by atoms with van der Waals surface area (Å²) in [6, 6.07) is 1.29. The number of rotatable bonds is 2. The molecule has 1 saturated carbocycles. The second-order valence-corrected chi connectivity index (χ2v) is 8.81. The van der Waals surface area contributed by atoms with Gasteiger partial charge in [-0.25, -0.2) is 13.4 Å². The van der Waals surface area contributed by atoms with E-state index in [1.165, 1.54) is 12.3 Å². The van der Waals surface area contributed by atoms with Crippen LogP contribution in [-0.2, 0) is 14.8 Å². The van der Waals surface area contributed by atoms with E-state index in [1.807, 2.05) is 0 Å². The fourth-order valence-electron chi connectivity index (χ4n) is 4.14. The molecule has 1 aliphatic carbocycles. The molecular formula is C14H18ClN3O3S. The molecule has 3 heterocycles. The van der Waals surface area contributed by atoms with E-state index in [0.29, 0.717) is 25.7 Å². The van der Waals surface area contributed by atoms with Crippen molar-refractivity contribution in [2.75, 3.05) is 25.5 Å². The van der Waals surface area contributed by atoms with Gasteiger partial charge in [0.15, 0.2) is 0 Å². The standard InChI is InChI=1S/C14H18ClN3O3S/c15-9-4-12(13(16)17-5-9)22(19,20)18-8-14(2-1-3-14)10-6-21-7-11(10)18/h4-5,10-11H,1-3,6-8H2,(H2,16,17)/t10-,11+/m0/s1. The zero-order valence-corrected chi connectivity index (χ0v) is 13.6. The Morgan fingerprint density at radius 3 is 2.86 bits per heavy atom. The first-order valence-corrected chi connectivity index (χ1v) is 9.26. The molecule has 0 radical (unpaired) electrons. The molecule has 6 nitrogen and oxygen atoms in total. The van der Waals surface area contributed by atoms with Crippen molar-refractivity contribution < 1.29 is 13.2 Å². The third-order valence-corrected chi connectivity index (χ3v) is 7.57. The van der Waals surface area contributed by atoms with Gasteiger partial charge in [0, 0.05) is 18.7 Å². The number of nitrogens with two attached hydrogens (primary N) is 1. The summed E-state index contributed by atoms with van der Waals surface area (Å²) in [7, 11) is -3.71. The highest BCUT2D eigenvalue weighted by molar-refractivity contribution is 7.89. The molecule has 0 bridgehead atoms. The third kappa shape index (κ3) is 1.92. The molecule has 0 aromatic carbocycles. The lowest BCUT2D eigenvalue weighted by atomic mass is 9.62. The number of halogens is 1. The zero-order valence-electron chi connectivity index (χ0n) is 12.0. The Morgan fingerprint density at radius 2 is 2.18 bits per heavy atom. The Labute approximate surface area is 134 Å². The van der Waals surface area contributed by atoms with Crippen LogP contribution in [0.2, 0.25) is 5.02 Å². The SMILES string of the molecule is Nc1ncc(Cl)cc1S(=O)(=O)N1CC2(CCC2)[C@H]2COC[C@H]21. The van der Waals surface area contributed by atoms with Crippen molar-refractivity contribution in [3.63, 3.8) is 0 Å². The first-order valence-electron chi connectivity index (χ1n) is 7.45. The predicted octanol–water partition coefficient (Wildman–Crippen LogP) is 1.51. The molecule has 2 atom stereocenters. The van der Waals surface area contributed by atoms with Crippen LogP contribution in [0.3, 0.4) is 0 Å². The lowest BCUT2D eigenvalue weighted by Crippen LogP contribution is -2.40. The van der Waals surface area contributed by atoms with Crippen LogP contribution in [0.1, 0.15) is 19.3 Å². The second kappa shape index (κ2) is 4.80. The van der Waals surface area contributed by atoms with Gasteiger partial charge in [0.2, 0.25) is 10.0 Å². The number of hydrogen-bond acceptors (Lipinski definition) is 5. The molecule has 3 aliphatic rings. The predicted molar refractivity (Wildman–Crippen MR) is 81.9 cm³/mol. The Balaban J connectivity index is 1.76. The molecule has 8 heteroatoms. The van der Waals surface area contributed by atoms with Gasteiger partial charge < -0.3 is 10.5 Å². The maximum absolute atomic E-state index is 13.1. The van der Waals surface area contributed by atoms with Crippen molar-refractivity contribution in [1.82, 2.24) is 9.29 Å². The number of hydrogen-bond donors (Lipinski definition) is 1. The van der Waals surface area contributed by atoms with Crippen molar-refractivity contribution in [3.8, 4) is 0 Å². The number of sulfonamides is 1. The van der Waals surface area contributed by atoms with Crippen LogP contribution < -0.4 is 5.73 Å². The maximum atomic E-state index is 13.1. The average molecular weight is 344 g/mol. The van der Waals surface area contributed by atoms with Gasteiger partial charge in [-0.1, -0.05) is 18.0 Å². The van der Waals surface area contributed by atoms with Gasteiger partial charge in [0.25, 0.3) is 0 Å². The Bertz CT molecular complexity index is 720. The van der Waals surface area contributed by atoms with Crippen molar-refractivity contribution >= 4 is 27.4 Å². The Kier molecular flexibility index (Phi) is 3.21. The molecule has 1 spiro atoms. The maximum Gasteiger partial charge on any atom is 0.247 e. The quantitative estimate of drug-likeness (QED) is 0.879. The lowest BCUT2D eigenvalue weighted by Gasteiger charge is -2.42. The van der Waals surface area contributed by atoms with Crippen molar-refractivity contribution in [3.05, 3.63) is 17.3 Å². The molecule has 2 N–H and O–H groups in total. The summed E-state index contributed by atoms with van der Waals surface area (Å²) >= 11 is 5.91. The van der Waals surface area contributed by atoms with Crippen LogP contribution in [0, 0.1) is 11.3 Å². The van der Waals surface area contributed by atoms with Crippen LogP contribution in [0.4, 0.5) is 5.82 Å². The van der Waals surface area contributed by atoms with E-state index in [-0.39, 0.29) is 27.2 Å². The van der Waals surface area contributed by atoms with Gasteiger partial charge in [-0.05, 0) is 24.3 Å². The molecule has 2 saturated heterocycles. The summed E-state index contributed by atoms with van der Waals surface area (Å²) in [4.78, 5) is 3.88. The monoisotopic (exact) mass is 343 g/mol. The van der Waals surface area contributed by atoms with Gasteiger partial charge in [0.1, 0.15) is 10.7 Å². The van der Waals surface area contributed by atoms with Crippen LogP contribution in [0.5, 0.6) is 0 Å². The number of pyridine rings is 1. The van der Waals surface area contributed by atoms with E-state index < -0.39 is 10.0 Å². The number of ether oxygens (including phenoxy) is 1. The normalized spacial score (nSPS) is 30.4. The summed E-state index contributed by atoms with van der Waals surface area (Å²) in [5.41, 5.74) is 5.88. The molecule has 3 fully saturated rings. The number of nitrogens with zero attached hydrogens (tertiary/aromatic N) is 2. The number of anilines is 1. The minimum absolute atomic E-state index is 0.00187. The van der Waals surface area contributed by atoms with E-state index >= 15 is 0 Å². The molecule has 1 aromatic heterocycles. The molecule has 0 unspecified atom stereocenters. The lowest BCUT2D eigenvalue weighted by molar-refractivity contribution is 0.0601. The first kappa shape index (κ1) is 14.7. The Hall–Kier alpha value is -0.890. The molecule has 1 aromatic rings. The number of fused-ring (bicyclic) bond motifs is 2. The van der Waals surface area contributed by atoms with E-state index in [0.717, 1.165) is 19.3 Å². The summed E-state index contributed by atoms with van der Waals surface area (Å²) < 4.78 is 33.3. The van der Waals surface area contributed by atoms with E-state index in [1.54, 1.807) is 4.31 Å². The van der Waals surface area contributed by atoms with Crippen molar-refractivity contribution in [2.45, 2.75) is 30.2 Å². The number of aromatic nitrogens is 1. The fraction of sp³-hybridized carbons (Fsp3) is 0.643. The van der Waals surface area contributed by atoms with Crippen LogP contribution in [0.15, 0.2) is 17.2 Å². The number of nitrogen functional groups attached to an aromatic ring is 1. The molecule has 0 amide bonds. The Morgan fingerprint density at radius 1 is 1.41 bits per heavy atom. The largest absolute Gasteiger partial charge is 0.383 e. The van der Waals surface area contributed by atoms with E-state index in [9.17, 15) is 8.42 Å². The zero-order chi connectivity index (χ0) is 15.5. The molecule has 22 heavy (non-hydrogen) atoms. The topological polar surface area (TPSA) is 85.5 Å². The second-order valence-electron chi connectivity index (χ2n) is 6.51. The van der Waals surface area contributed by atoms with Gasteiger partial charge in [-0.2, -0.15) is 4.31 Å². The van der Waals surface area contributed by atoms with Crippen LogP contribution >= 0.6 is 11.6 Å². The van der Waals surface area contributed by atoms with Gasteiger partial charge in [0.05, 0.1) is 24.3 Å².